The first-order valence-corrected chi connectivity index (χ1v) is 9.65. The zero-order valence-corrected chi connectivity index (χ0v) is 15.2. The molecule has 23 heavy (non-hydrogen) atoms. The minimum atomic E-state index is -0.498. The van der Waals surface area contributed by atoms with Crippen molar-refractivity contribution in [2.45, 2.75) is 78.2 Å². The van der Waals surface area contributed by atoms with E-state index in [1.165, 1.54) is 18.4 Å². The number of hydrogen-bond donors (Lipinski definition) is 1. The summed E-state index contributed by atoms with van der Waals surface area (Å²) in [6.45, 7) is 9.26. The summed E-state index contributed by atoms with van der Waals surface area (Å²) in [5.74, 6) is 3.06. The van der Waals surface area contributed by atoms with Crippen LogP contribution in [0.1, 0.15) is 72.6 Å². The van der Waals surface area contributed by atoms with Crippen LogP contribution in [0.2, 0.25) is 0 Å². The molecule has 0 spiro atoms. The first-order valence-electron chi connectivity index (χ1n) is 9.65. The summed E-state index contributed by atoms with van der Waals surface area (Å²) >= 11 is 0. The quantitative estimate of drug-likeness (QED) is 0.713. The summed E-state index contributed by atoms with van der Waals surface area (Å²) in [4.78, 5) is 11.9. The summed E-state index contributed by atoms with van der Waals surface area (Å²) in [5.41, 5.74) is 1.27. The summed E-state index contributed by atoms with van der Waals surface area (Å²) in [5, 5.41) is 11.0. The van der Waals surface area contributed by atoms with Crippen LogP contribution in [0.25, 0.3) is 0 Å². The first kappa shape index (κ1) is 15.9. The third kappa shape index (κ3) is 1.94. The minimum absolute atomic E-state index is 0.0878. The summed E-state index contributed by atoms with van der Waals surface area (Å²) in [7, 11) is 0. The van der Waals surface area contributed by atoms with E-state index in [0.29, 0.717) is 23.5 Å². The van der Waals surface area contributed by atoms with Crippen molar-refractivity contribution in [1.29, 1.82) is 0 Å². The fourth-order valence-corrected chi connectivity index (χ4v) is 7.15. The largest absolute Gasteiger partial charge is 0.390 e. The van der Waals surface area contributed by atoms with E-state index in [1.54, 1.807) is 0 Å². The lowest BCUT2D eigenvalue weighted by molar-refractivity contribution is -0.132. The van der Waals surface area contributed by atoms with Gasteiger partial charge in [-0.1, -0.05) is 26.3 Å². The molecule has 0 aromatic rings. The summed E-state index contributed by atoms with van der Waals surface area (Å²) in [6, 6.07) is 0. The summed E-state index contributed by atoms with van der Waals surface area (Å²) < 4.78 is 0. The highest BCUT2D eigenvalue weighted by Gasteiger charge is 2.63. The van der Waals surface area contributed by atoms with Crippen LogP contribution in [0.3, 0.4) is 0 Å². The van der Waals surface area contributed by atoms with Crippen LogP contribution in [0.15, 0.2) is 11.6 Å². The van der Waals surface area contributed by atoms with Crippen LogP contribution < -0.4 is 0 Å². The van der Waals surface area contributed by atoms with Gasteiger partial charge in [-0.15, -0.1) is 0 Å². The lowest BCUT2D eigenvalue weighted by Crippen LogP contribution is -2.55. The molecule has 3 saturated carbocycles. The molecule has 0 amide bonds. The molecular formula is C21H32O2. The van der Waals surface area contributed by atoms with E-state index in [4.69, 9.17) is 0 Å². The van der Waals surface area contributed by atoms with Gasteiger partial charge in [0.1, 0.15) is 0 Å². The van der Waals surface area contributed by atoms with Crippen molar-refractivity contribution in [1.82, 2.24) is 0 Å². The fraction of sp³-hybridized carbons (Fsp3) is 0.857. The lowest BCUT2D eigenvalue weighted by Gasteiger charge is -2.60. The van der Waals surface area contributed by atoms with E-state index in [-0.39, 0.29) is 10.8 Å². The molecule has 2 heteroatoms. The van der Waals surface area contributed by atoms with Gasteiger partial charge in [0.2, 0.25) is 0 Å². The van der Waals surface area contributed by atoms with Crippen LogP contribution in [0, 0.1) is 34.5 Å². The molecule has 4 aliphatic rings. The molecule has 0 radical (unpaired) electrons. The monoisotopic (exact) mass is 316 g/mol. The number of hydrogen-bond acceptors (Lipinski definition) is 2. The van der Waals surface area contributed by atoms with Gasteiger partial charge in [-0.2, -0.15) is 0 Å². The maximum Gasteiger partial charge on any atom is 0.155 e. The second kappa shape index (κ2) is 4.71. The Morgan fingerprint density at radius 3 is 2.52 bits per heavy atom. The van der Waals surface area contributed by atoms with Crippen molar-refractivity contribution in [2.24, 2.45) is 34.5 Å². The Kier molecular flexibility index (Phi) is 3.25. The summed E-state index contributed by atoms with van der Waals surface area (Å²) in [6.07, 6.45) is 9.39. The zero-order chi connectivity index (χ0) is 16.6. The van der Waals surface area contributed by atoms with Gasteiger partial charge in [0.25, 0.3) is 0 Å². The molecule has 0 aliphatic heterocycles. The van der Waals surface area contributed by atoms with Gasteiger partial charge in [0, 0.05) is 6.42 Å². The Morgan fingerprint density at radius 1 is 1.09 bits per heavy atom. The molecule has 3 fully saturated rings. The van der Waals surface area contributed by atoms with Crippen LogP contribution in [-0.4, -0.2) is 16.5 Å². The Bertz CT molecular complexity index is 574. The molecule has 4 aliphatic carbocycles. The average molecular weight is 316 g/mol. The zero-order valence-electron chi connectivity index (χ0n) is 15.2. The predicted octanol–water partition coefficient (Wildman–Crippen LogP) is 4.52. The highest BCUT2D eigenvalue weighted by atomic mass is 16.3. The molecule has 7 atom stereocenters. The Labute approximate surface area is 140 Å². The first-order chi connectivity index (χ1) is 10.7. The number of aliphatic hydroxyl groups is 1. The van der Waals surface area contributed by atoms with E-state index >= 15 is 0 Å². The van der Waals surface area contributed by atoms with Gasteiger partial charge in [0.15, 0.2) is 5.78 Å². The van der Waals surface area contributed by atoms with Crippen molar-refractivity contribution >= 4 is 5.78 Å². The number of rotatable bonds is 0. The lowest BCUT2D eigenvalue weighted by atomic mass is 9.44. The molecule has 0 bridgehead atoms. The standard InChI is InChI=1S/C21H32O2/c1-13-11-14-12-15(22)5-8-19(14,2)16-6-9-20(3)17(18(13)16)7-10-21(20,4)23/h12-13,16-18,23H,5-11H2,1-4H3/t13?,16-,17-,18+,19-,20-,21-/m0/s1. The molecule has 1 unspecified atom stereocenters. The van der Waals surface area contributed by atoms with Crippen LogP contribution in [-0.2, 0) is 4.79 Å². The van der Waals surface area contributed by atoms with Crippen molar-refractivity contribution in [3.63, 3.8) is 0 Å². The van der Waals surface area contributed by atoms with E-state index in [1.807, 2.05) is 6.08 Å². The van der Waals surface area contributed by atoms with E-state index in [9.17, 15) is 9.90 Å². The second-order valence-electron chi connectivity index (χ2n) is 9.79. The third-order valence-corrected chi connectivity index (χ3v) is 8.87. The number of allylic oxidation sites excluding steroid dienone is 1. The van der Waals surface area contributed by atoms with Crippen LogP contribution >= 0.6 is 0 Å². The van der Waals surface area contributed by atoms with Gasteiger partial charge >= 0.3 is 0 Å². The van der Waals surface area contributed by atoms with Gasteiger partial charge in [-0.3, -0.25) is 4.79 Å². The van der Waals surface area contributed by atoms with Crippen LogP contribution in [0.4, 0.5) is 0 Å². The van der Waals surface area contributed by atoms with Crippen LogP contribution in [0.5, 0.6) is 0 Å². The third-order valence-electron chi connectivity index (χ3n) is 8.87. The smallest absolute Gasteiger partial charge is 0.155 e. The SMILES string of the molecule is CC1CC2=CC(=O)CC[C@]2(C)[C@H]2CC[C@@]3(C)[C@@H](CC[C@]3(C)O)[C@H]12. The minimum Gasteiger partial charge on any atom is -0.390 e. The van der Waals surface area contributed by atoms with Crippen molar-refractivity contribution in [3.05, 3.63) is 11.6 Å². The van der Waals surface area contributed by atoms with E-state index in [0.717, 1.165) is 38.0 Å². The van der Waals surface area contributed by atoms with Crippen molar-refractivity contribution in [3.8, 4) is 0 Å². The van der Waals surface area contributed by atoms with Gasteiger partial charge in [-0.05, 0) is 86.0 Å². The highest BCUT2D eigenvalue weighted by molar-refractivity contribution is 5.91. The normalized spacial score (nSPS) is 55.7. The fourth-order valence-electron chi connectivity index (χ4n) is 7.15. The molecule has 1 N–H and O–H groups in total. The Hall–Kier alpha value is -0.630. The molecule has 0 saturated heterocycles. The average Bonchev–Trinajstić information content (AvgIpc) is 2.72. The second-order valence-corrected chi connectivity index (χ2v) is 9.79. The number of fused-ring (bicyclic) bond motifs is 5. The van der Waals surface area contributed by atoms with Gasteiger partial charge in [0.05, 0.1) is 5.60 Å². The molecule has 0 heterocycles. The maximum absolute atomic E-state index is 11.9. The van der Waals surface area contributed by atoms with Crippen molar-refractivity contribution < 1.29 is 9.90 Å². The molecule has 2 nitrogen and oxygen atoms in total. The van der Waals surface area contributed by atoms with E-state index in [2.05, 4.69) is 27.7 Å². The molecule has 0 aromatic heterocycles. The maximum atomic E-state index is 11.9. The molecular weight excluding hydrogens is 284 g/mol. The number of carbonyl (C=O) groups is 1. The van der Waals surface area contributed by atoms with Gasteiger partial charge < -0.3 is 5.11 Å². The number of carbonyl (C=O) groups excluding carboxylic acids is 1. The molecule has 4 rings (SSSR count). The Balaban J connectivity index is 1.74. The number of ketones is 1. The van der Waals surface area contributed by atoms with E-state index < -0.39 is 5.60 Å². The Morgan fingerprint density at radius 2 is 1.78 bits per heavy atom. The van der Waals surface area contributed by atoms with Gasteiger partial charge in [-0.25, -0.2) is 0 Å². The highest BCUT2D eigenvalue weighted by Crippen LogP contribution is 2.68. The molecule has 128 valence electrons. The topological polar surface area (TPSA) is 37.3 Å². The predicted molar refractivity (Wildman–Crippen MR) is 91.9 cm³/mol. The molecule has 0 aromatic carbocycles. The van der Waals surface area contributed by atoms with Crippen molar-refractivity contribution in [2.75, 3.05) is 0 Å².